The lowest BCUT2D eigenvalue weighted by molar-refractivity contribution is -0.133. The Hall–Kier alpha value is -3.19. The molecule has 1 heterocycles. The number of amides is 3. The minimum atomic E-state index is -0.431. The van der Waals surface area contributed by atoms with Gasteiger partial charge in [0.1, 0.15) is 6.04 Å². The van der Waals surface area contributed by atoms with Crippen LogP contribution in [0.2, 0.25) is 0 Å². The van der Waals surface area contributed by atoms with Gasteiger partial charge in [0, 0.05) is 28.9 Å². The van der Waals surface area contributed by atoms with Gasteiger partial charge in [-0.1, -0.05) is 12.1 Å². The number of rotatable bonds is 8. The third-order valence-corrected chi connectivity index (χ3v) is 8.89. The molecule has 4 saturated carbocycles. The number of imide groups is 1. The molecule has 1 saturated heterocycles. The Balaban J connectivity index is 0.977. The highest BCUT2D eigenvalue weighted by atomic mass is 16.2. The summed E-state index contributed by atoms with van der Waals surface area (Å²) in [7, 11) is 0. The summed E-state index contributed by atoms with van der Waals surface area (Å²) in [6, 6.07) is 14.7. The lowest BCUT2D eigenvalue weighted by atomic mass is 9.53. The average molecular weight is 501 g/mol. The third-order valence-electron chi connectivity index (χ3n) is 8.89. The van der Waals surface area contributed by atoms with Crippen molar-refractivity contribution in [2.45, 2.75) is 69.4 Å². The van der Waals surface area contributed by atoms with Crippen LogP contribution in [0.3, 0.4) is 0 Å². The van der Waals surface area contributed by atoms with E-state index in [1.807, 2.05) is 24.3 Å². The van der Waals surface area contributed by atoms with Crippen molar-refractivity contribution < 1.29 is 14.4 Å². The van der Waals surface area contributed by atoms with Crippen molar-refractivity contribution in [3.63, 3.8) is 0 Å². The number of benzene rings is 2. The molecule has 7 nitrogen and oxygen atoms in total. The highest BCUT2D eigenvalue weighted by Crippen LogP contribution is 2.55. The SMILES string of the molecule is O=C1CCC(Nc2ccc(NC(=O)c3ccc(CCNC45CC6CC(CC(C6)C4)C5)cc3)cc2)C(=O)N1. The number of hydrogen-bond donors (Lipinski definition) is 4. The van der Waals surface area contributed by atoms with Crippen molar-refractivity contribution in [1.82, 2.24) is 10.6 Å². The van der Waals surface area contributed by atoms with E-state index in [1.54, 1.807) is 12.1 Å². The van der Waals surface area contributed by atoms with Gasteiger partial charge in [-0.25, -0.2) is 0 Å². The van der Waals surface area contributed by atoms with E-state index in [2.05, 4.69) is 33.4 Å². The van der Waals surface area contributed by atoms with Crippen LogP contribution in [0, 0.1) is 17.8 Å². The standard InChI is InChI=1S/C30H36N4O3/c35-27-10-9-26(29(37)34-27)32-24-5-7-25(8-6-24)33-28(36)23-3-1-19(2-4-23)11-12-31-30-16-20-13-21(17-30)15-22(14-20)18-30/h1-8,20-22,26,31-32H,9-18H2,(H,33,36)(H,34,35,37). The first kappa shape index (κ1) is 24.2. The molecular weight excluding hydrogens is 464 g/mol. The van der Waals surface area contributed by atoms with Crippen molar-refractivity contribution in [2.75, 3.05) is 17.2 Å². The van der Waals surface area contributed by atoms with Gasteiger partial charge in [0.15, 0.2) is 0 Å². The number of anilines is 2. The van der Waals surface area contributed by atoms with E-state index in [-0.39, 0.29) is 17.7 Å². The molecule has 7 heteroatoms. The Morgan fingerprint density at radius 3 is 2.11 bits per heavy atom. The lowest BCUT2D eigenvalue weighted by Crippen LogP contribution is -2.58. The number of carbonyl (C=O) groups is 3. The Bertz CT molecular complexity index is 1140. The zero-order valence-corrected chi connectivity index (χ0v) is 21.2. The largest absolute Gasteiger partial charge is 0.374 e. The summed E-state index contributed by atoms with van der Waals surface area (Å²) < 4.78 is 0. The number of hydrogen-bond acceptors (Lipinski definition) is 5. The van der Waals surface area contributed by atoms with Crippen LogP contribution in [-0.4, -0.2) is 35.8 Å². The summed E-state index contributed by atoms with van der Waals surface area (Å²) in [4.78, 5) is 36.0. The average Bonchev–Trinajstić information content (AvgIpc) is 2.86. The van der Waals surface area contributed by atoms with Crippen LogP contribution in [0.4, 0.5) is 11.4 Å². The topological polar surface area (TPSA) is 99.3 Å². The summed E-state index contributed by atoms with van der Waals surface area (Å²) in [6.07, 6.45) is 10.3. The summed E-state index contributed by atoms with van der Waals surface area (Å²) in [5.41, 5.74) is 3.71. The second kappa shape index (κ2) is 9.93. The van der Waals surface area contributed by atoms with Gasteiger partial charge < -0.3 is 16.0 Å². The molecule has 2 aromatic carbocycles. The molecule has 2 aromatic rings. The highest BCUT2D eigenvalue weighted by Gasteiger charge is 2.50. The molecule has 4 N–H and O–H groups in total. The molecule has 1 atom stereocenters. The molecule has 0 spiro atoms. The maximum absolute atomic E-state index is 12.8. The highest BCUT2D eigenvalue weighted by molar-refractivity contribution is 6.04. The first-order valence-electron chi connectivity index (χ1n) is 13.8. The van der Waals surface area contributed by atoms with E-state index in [9.17, 15) is 14.4 Å². The van der Waals surface area contributed by atoms with Gasteiger partial charge in [0.2, 0.25) is 11.8 Å². The molecule has 7 rings (SSSR count). The molecule has 1 unspecified atom stereocenters. The van der Waals surface area contributed by atoms with E-state index in [0.717, 1.165) is 36.4 Å². The van der Waals surface area contributed by atoms with Crippen LogP contribution in [0.25, 0.3) is 0 Å². The fraction of sp³-hybridized carbons (Fsp3) is 0.500. The van der Waals surface area contributed by atoms with E-state index in [4.69, 9.17) is 0 Å². The number of piperidine rings is 1. The van der Waals surface area contributed by atoms with Crippen molar-refractivity contribution in [3.05, 3.63) is 59.7 Å². The lowest BCUT2D eigenvalue weighted by Gasteiger charge is -2.57. The molecule has 4 aliphatic carbocycles. The first-order valence-corrected chi connectivity index (χ1v) is 13.8. The zero-order chi connectivity index (χ0) is 25.4. The van der Waals surface area contributed by atoms with Gasteiger partial charge in [0.05, 0.1) is 0 Å². The summed E-state index contributed by atoms with van der Waals surface area (Å²) in [5, 5.41) is 12.4. The molecule has 0 radical (unpaired) electrons. The Kier molecular flexibility index (Phi) is 6.49. The minimum Gasteiger partial charge on any atom is -0.374 e. The smallest absolute Gasteiger partial charge is 0.255 e. The Labute approximate surface area is 218 Å². The van der Waals surface area contributed by atoms with Crippen LogP contribution in [0.5, 0.6) is 0 Å². The maximum atomic E-state index is 12.8. The monoisotopic (exact) mass is 500 g/mol. The molecule has 5 aliphatic rings. The van der Waals surface area contributed by atoms with E-state index in [1.165, 1.54) is 44.1 Å². The van der Waals surface area contributed by atoms with Crippen molar-refractivity contribution in [3.8, 4) is 0 Å². The van der Waals surface area contributed by atoms with Crippen molar-refractivity contribution in [2.24, 2.45) is 17.8 Å². The molecule has 1 aliphatic heterocycles. The van der Waals surface area contributed by atoms with Crippen LogP contribution in [0.1, 0.15) is 67.3 Å². The molecule has 37 heavy (non-hydrogen) atoms. The number of carbonyl (C=O) groups excluding carboxylic acids is 3. The van der Waals surface area contributed by atoms with Gasteiger partial charge in [-0.2, -0.15) is 0 Å². The molecule has 0 aromatic heterocycles. The predicted octanol–water partition coefficient (Wildman–Crippen LogP) is 4.26. The summed E-state index contributed by atoms with van der Waals surface area (Å²) >= 11 is 0. The molecule has 194 valence electrons. The van der Waals surface area contributed by atoms with Gasteiger partial charge in [-0.15, -0.1) is 0 Å². The molecule has 3 amide bonds. The van der Waals surface area contributed by atoms with Gasteiger partial charge in [-0.05, 0) is 118 Å². The normalized spacial score (nSPS) is 30.2. The zero-order valence-electron chi connectivity index (χ0n) is 21.2. The summed E-state index contributed by atoms with van der Waals surface area (Å²) in [6.45, 7) is 0.997. The van der Waals surface area contributed by atoms with Gasteiger partial charge >= 0.3 is 0 Å². The van der Waals surface area contributed by atoms with Crippen molar-refractivity contribution >= 4 is 29.1 Å². The predicted molar refractivity (Wildman–Crippen MR) is 143 cm³/mol. The fourth-order valence-electron chi connectivity index (χ4n) is 7.51. The number of nitrogens with one attached hydrogen (secondary N) is 4. The molecule has 5 fully saturated rings. The second-order valence-electron chi connectivity index (χ2n) is 11.8. The molecular formula is C30H36N4O3. The van der Waals surface area contributed by atoms with Gasteiger partial charge in [0.25, 0.3) is 5.91 Å². The fourth-order valence-corrected chi connectivity index (χ4v) is 7.51. The Morgan fingerprint density at radius 1 is 0.865 bits per heavy atom. The van der Waals surface area contributed by atoms with Crippen LogP contribution in [0.15, 0.2) is 48.5 Å². The van der Waals surface area contributed by atoms with Crippen LogP contribution in [-0.2, 0) is 16.0 Å². The third kappa shape index (κ3) is 5.42. The maximum Gasteiger partial charge on any atom is 0.255 e. The molecule has 4 bridgehead atoms. The van der Waals surface area contributed by atoms with E-state index in [0.29, 0.717) is 29.6 Å². The minimum absolute atomic E-state index is 0.149. The second-order valence-corrected chi connectivity index (χ2v) is 11.8. The van der Waals surface area contributed by atoms with Crippen LogP contribution < -0.4 is 21.3 Å². The van der Waals surface area contributed by atoms with Crippen LogP contribution >= 0.6 is 0 Å². The van der Waals surface area contributed by atoms with E-state index >= 15 is 0 Å². The van der Waals surface area contributed by atoms with Crippen molar-refractivity contribution in [1.29, 1.82) is 0 Å². The Morgan fingerprint density at radius 2 is 1.49 bits per heavy atom. The van der Waals surface area contributed by atoms with Gasteiger partial charge in [-0.3, -0.25) is 19.7 Å². The first-order chi connectivity index (χ1) is 17.9. The summed E-state index contributed by atoms with van der Waals surface area (Å²) in [5.74, 6) is 2.17. The quantitative estimate of drug-likeness (QED) is 0.406. The van der Waals surface area contributed by atoms with E-state index < -0.39 is 6.04 Å².